The molecule has 106 valence electrons. The van der Waals surface area contributed by atoms with Crippen LogP contribution in [0.4, 0.5) is 5.69 Å². The second-order valence-electron chi connectivity index (χ2n) is 4.00. The minimum Gasteiger partial charge on any atom is -0.496 e. The number of hydrogen-bond donors (Lipinski definition) is 0. The Morgan fingerprint density at radius 3 is 2.37 bits per heavy atom. The third kappa shape index (κ3) is 4.75. The minimum absolute atomic E-state index is 0.0304. The Labute approximate surface area is 113 Å². The minimum atomic E-state index is -0.459. The number of rotatable bonds is 8. The standard InChI is InChI=1S/C13H20N2O4/c1-4-14(5-2)6-7-19-13-9-11(15(16)17)8-12(10-13)18-3/h8-10H,4-7H2,1-3H3. The van der Waals surface area contributed by atoms with Crippen LogP contribution in [0.15, 0.2) is 18.2 Å². The Hall–Kier alpha value is -1.82. The van der Waals surface area contributed by atoms with Gasteiger partial charge in [0.2, 0.25) is 0 Å². The highest BCUT2D eigenvalue weighted by atomic mass is 16.6. The van der Waals surface area contributed by atoms with Crippen LogP contribution in [-0.4, -0.2) is 43.2 Å². The van der Waals surface area contributed by atoms with E-state index in [4.69, 9.17) is 9.47 Å². The van der Waals surface area contributed by atoms with Gasteiger partial charge in [0.1, 0.15) is 18.1 Å². The van der Waals surface area contributed by atoms with E-state index in [2.05, 4.69) is 18.7 Å². The van der Waals surface area contributed by atoms with E-state index in [1.165, 1.54) is 19.2 Å². The van der Waals surface area contributed by atoms with Gasteiger partial charge in [0, 0.05) is 12.6 Å². The zero-order valence-electron chi connectivity index (χ0n) is 11.6. The van der Waals surface area contributed by atoms with E-state index in [-0.39, 0.29) is 5.69 Å². The maximum Gasteiger partial charge on any atom is 0.276 e. The summed E-state index contributed by atoms with van der Waals surface area (Å²) in [5.74, 6) is 0.880. The summed E-state index contributed by atoms with van der Waals surface area (Å²) in [6.45, 7) is 7.36. The van der Waals surface area contributed by atoms with Crippen LogP contribution in [0.1, 0.15) is 13.8 Å². The van der Waals surface area contributed by atoms with E-state index < -0.39 is 4.92 Å². The molecule has 6 nitrogen and oxygen atoms in total. The highest BCUT2D eigenvalue weighted by molar-refractivity contribution is 5.45. The van der Waals surface area contributed by atoms with Gasteiger partial charge in [-0.3, -0.25) is 10.1 Å². The number of methoxy groups -OCH3 is 1. The summed E-state index contributed by atoms with van der Waals surface area (Å²) in [4.78, 5) is 12.5. The average molecular weight is 268 g/mol. The molecule has 1 rings (SSSR count). The topological polar surface area (TPSA) is 64.8 Å². The summed E-state index contributed by atoms with van der Waals surface area (Å²) in [5.41, 5.74) is -0.0304. The quantitative estimate of drug-likeness (QED) is 0.534. The second-order valence-corrected chi connectivity index (χ2v) is 4.00. The van der Waals surface area contributed by atoms with Crippen molar-refractivity contribution >= 4 is 5.69 Å². The van der Waals surface area contributed by atoms with Crippen molar-refractivity contribution in [1.82, 2.24) is 4.90 Å². The molecule has 1 aromatic carbocycles. The van der Waals surface area contributed by atoms with E-state index in [9.17, 15) is 10.1 Å². The van der Waals surface area contributed by atoms with Gasteiger partial charge in [-0.2, -0.15) is 0 Å². The van der Waals surface area contributed by atoms with Gasteiger partial charge in [0.25, 0.3) is 5.69 Å². The maximum absolute atomic E-state index is 10.8. The lowest BCUT2D eigenvalue weighted by molar-refractivity contribution is -0.385. The fourth-order valence-corrected chi connectivity index (χ4v) is 1.70. The molecule has 0 aromatic heterocycles. The first kappa shape index (κ1) is 15.2. The van der Waals surface area contributed by atoms with Crippen LogP contribution in [0.25, 0.3) is 0 Å². The largest absolute Gasteiger partial charge is 0.496 e. The van der Waals surface area contributed by atoms with Crippen molar-refractivity contribution in [3.05, 3.63) is 28.3 Å². The van der Waals surface area contributed by atoms with Crippen LogP contribution in [0.3, 0.4) is 0 Å². The van der Waals surface area contributed by atoms with Crippen LogP contribution >= 0.6 is 0 Å². The first-order valence-electron chi connectivity index (χ1n) is 6.29. The molecule has 1 aromatic rings. The average Bonchev–Trinajstić information content (AvgIpc) is 2.43. The van der Waals surface area contributed by atoms with E-state index in [0.29, 0.717) is 18.1 Å². The second kappa shape index (κ2) is 7.58. The number of nitrogens with zero attached hydrogens (tertiary/aromatic N) is 2. The van der Waals surface area contributed by atoms with E-state index in [1.807, 2.05) is 0 Å². The predicted molar refractivity (Wildman–Crippen MR) is 72.9 cm³/mol. The van der Waals surface area contributed by atoms with Crippen LogP contribution in [-0.2, 0) is 0 Å². The number of nitro benzene ring substituents is 1. The molecular weight excluding hydrogens is 248 g/mol. The molecule has 0 atom stereocenters. The van der Waals surface area contributed by atoms with Gasteiger partial charge in [-0.15, -0.1) is 0 Å². The summed E-state index contributed by atoms with van der Waals surface area (Å²) >= 11 is 0. The van der Waals surface area contributed by atoms with Crippen molar-refractivity contribution in [1.29, 1.82) is 0 Å². The monoisotopic (exact) mass is 268 g/mol. The first-order valence-corrected chi connectivity index (χ1v) is 6.29. The molecule has 0 amide bonds. The molecule has 0 bridgehead atoms. The predicted octanol–water partition coefficient (Wildman–Crippen LogP) is 2.32. The molecule has 0 N–H and O–H groups in total. The van der Waals surface area contributed by atoms with E-state index in [0.717, 1.165) is 19.6 Å². The third-order valence-electron chi connectivity index (χ3n) is 2.88. The van der Waals surface area contributed by atoms with Gasteiger partial charge >= 0.3 is 0 Å². The lowest BCUT2D eigenvalue weighted by Crippen LogP contribution is -2.27. The highest BCUT2D eigenvalue weighted by Crippen LogP contribution is 2.27. The van der Waals surface area contributed by atoms with Gasteiger partial charge in [-0.1, -0.05) is 13.8 Å². The SMILES string of the molecule is CCN(CC)CCOc1cc(OC)cc([N+](=O)[O-])c1. The molecular formula is C13H20N2O4. The van der Waals surface area contributed by atoms with Crippen molar-refractivity contribution in [2.24, 2.45) is 0 Å². The van der Waals surface area contributed by atoms with E-state index >= 15 is 0 Å². The summed E-state index contributed by atoms with van der Waals surface area (Å²) in [7, 11) is 1.47. The maximum atomic E-state index is 10.8. The zero-order valence-corrected chi connectivity index (χ0v) is 11.6. The summed E-state index contributed by atoms with van der Waals surface area (Å²) in [5, 5.41) is 10.8. The van der Waals surface area contributed by atoms with Crippen molar-refractivity contribution in [3.63, 3.8) is 0 Å². The number of hydrogen-bond acceptors (Lipinski definition) is 5. The Bertz CT molecular complexity index is 419. The molecule has 0 saturated heterocycles. The Morgan fingerprint density at radius 1 is 1.21 bits per heavy atom. The molecule has 0 saturated carbocycles. The van der Waals surface area contributed by atoms with Crippen LogP contribution in [0, 0.1) is 10.1 Å². The lowest BCUT2D eigenvalue weighted by Gasteiger charge is -2.18. The number of benzene rings is 1. The van der Waals surface area contributed by atoms with Crippen molar-refractivity contribution in [2.75, 3.05) is 33.4 Å². The van der Waals surface area contributed by atoms with Crippen LogP contribution < -0.4 is 9.47 Å². The molecule has 6 heteroatoms. The van der Waals surface area contributed by atoms with Gasteiger partial charge in [-0.05, 0) is 13.1 Å². The van der Waals surface area contributed by atoms with Crippen molar-refractivity contribution in [2.45, 2.75) is 13.8 Å². The summed E-state index contributed by atoms with van der Waals surface area (Å²) < 4.78 is 10.6. The molecule has 0 aliphatic heterocycles. The Morgan fingerprint density at radius 2 is 1.84 bits per heavy atom. The van der Waals surface area contributed by atoms with Crippen LogP contribution in [0.5, 0.6) is 11.5 Å². The van der Waals surface area contributed by atoms with Gasteiger partial charge in [0.15, 0.2) is 0 Å². The van der Waals surface area contributed by atoms with Crippen LogP contribution in [0.2, 0.25) is 0 Å². The number of nitro groups is 1. The normalized spacial score (nSPS) is 10.5. The Kier molecular flexibility index (Phi) is 6.08. The lowest BCUT2D eigenvalue weighted by atomic mass is 10.3. The molecule has 0 unspecified atom stereocenters. The molecule has 19 heavy (non-hydrogen) atoms. The first-order chi connectivity index (χ1) is 9.10. The fraction of sp³-hybridized carbons (Fsp3) is 0.538. The van der Waals surface area contributed by atoms with E-state index in [1.54, 1.807) is 6.07 Å². The van der Waals surface area contributed by atoms with Gasteiger partial charge in [-0.25, -0.2) is 0 Å². The van der Waals surface area contributed by atoms with Crippen molar-refractivity contribution < 1.29 is 14.4 Å². The molecule has 0 aliphatic rings. The summed E-state index contributed by atoms with van der Waals surface area (Å²) in [6, 6.07) is 4.43. The molecule has 0 fully saturated rings. The molecule has 0 heterocycles. The van der Waals surface area contributed by atoms with Gasteiger partial charge < -0.3 is 14.4 Å². The molecule has 0 radical (unpaired) electrons. The molecule has 0 spiro atoms. The number of ether oxygens (including phenoxy) is 2. The van der Waals surface area contributed by atoms with Crippen molar-refractivity contribution in [3.8, 4) is 11.5 Å². The highest BCUT2D eigenvalue weighted by Gasteiger charge is 2.11. The molecule has 0 aliphatic carbocycles. The fourth-order valence-electron chi connectivity index (χ4n) is 1.70. The summed E-state index contributed by atoms with van der Waals surface area (Å²) in [6.07, 6.45) is 0. The number of non-ortho nitro benzene ring substituents is 1. The Balaban J connectivity index is 2.67. The zero-order chi connectivity index (χ0) is 14.3. The van der Waals surface area contributed by atoms with Gasteiger partial charge in [0.05, 0.1) is 24.2 Å². The number of likely N-dealkylation sites (N-methyl/N-ethyl adjacent to an activating group) is 1. The smallest absolute Gasteiger partial charge is 0.276 e. The third-order valence-corrected chi connectivity index (χ3v) is 2.88.